The molecule has 4 heterocycles. The molecule has 16 nitrogen and oxygen atoms in total. The van der Waals surface area contributed by atoms with Gasteiger partial charge in [0.1, 0.15) is 23.6 Å². The van der Waals surface area contributed by atoms with Crippen LogP contribution < -0.4 is 25.3 Å². The molecule has 2 N–H and O–H groups in total. The Balaban J connectivity index is 0.000000237. The normalized spacial score (nSPS) is 13.8. The highest BCUT2D eigenvalue weighted by Crippen LogP contribution is 2.23. The third-order valence-electron chi connectivity index (χ3n) is 10.3. The van der Waals surface area contributed by atoms with Crippen molar-refractivity contribution >= 4 is 52.9 Å². The summed E-state index contributed by atoms with van der Waals surface area (Å²) in [6, 6.07) is 24.6. The second-order valence-corrected chi connectivity index (χ2v) is 17.9. The number of carbonyl (C=O) groups excluding carboxylic acids is 4. The standard InChI is InChI=1S/C25H34N4O3.C15H18N4.C9H17NO4/c1-25(2,3)32-24(31)27(4)14-11-23(30)19-20-5-7-21(8-6-20)28-15-17-29(18-16-28)22-9-12-26-13-10-22;16-13-1-3-14(4-2-13)18-9-11-19(12-10-18)15-5-7-17-8-6-15;1-9(2,3)14-8(12)10(4)5-6-13-7-11/h5-10,12-13H,11,14-19H2,1-4H3;1-8H,9-12,16H2;7H,5-6H2,1-4H3. The molecule has 0 aliphatic carbocycles. The number of Topliss-reactive ketones (excluding diaryl/α,β-unsaturated/α-hetero) is 1. The molecular formula is C49H69N9O7. The van der Waals surface area contributed by atoms with E-state index in [-0.39, 0.29) is 12.4 Å². The summed E-state index contributed by atoms with van der Waals surface area (Å²) in [6.45, 7) is 20.1. The number of ketones is 1. The second-order valence-electron chi connectivity index (χ2n) is 17.9. The fraction of sp³-hybridized carbons (Fsp3) is 0.469. The number of hydrogen-bond donors (Lipinski definition) is 1. The number of nitrogen functional groups attached to an aromatic ring is 1. The first-order valence-electron chi connectivity index (χ1n) is 22.1. The molecule has 4 aromatic rings. The van der Waals surface area contributed by atoms with Crippen LogP contribution in [0.3, 0.4) is 0 Å². The zero-order valence-electron chi connectivity index (χ0n) is 39.5. The van der Waals surface area contributed by atoms with Gasteiger partial charge in [-0.2, -0.15) is 0 Å². The molecule has 0 unspecified atom stereocenters. The third-order valence-corrected chi connectivity index (χ3v) is 10.3. The van der Waals surface area contributed by atoms with Crippen molar-refractivity contribution in [1.29, 1.82) is 0 Å². The Kier molecular flexibility index (Phi) is 19.7. The minimum absolute atomic E-state index is 0.110. The summed E-state index contributed by atoms with van der Waals surface area (Å²) >= 11 is 0. The summed E-state index contributed by atoms with van der Waals surface area (Å²) in [7, 11) is 3.24. The van der Waals surface area contributed by atoms with Crippen molar-refractivity contribution in [2.24, 2.45) is 0 Å². The molecule has 352 valence electrons. The first kappa shape index (κ1) is 51.1. The molecule has 0 saturated carbocycles. The average Bonchev–Trinajstić information content (AvgIpc) is 3.29. The maximum absolute atomic E-state index is 12.4. The molecule has 0 radical (unpaired) electrons. The number of amides is 2. The summed E-state index contributed by atoms with van der Waals surface area (Å²) < 4.78 is 14.8. The lowest BCUT2D eigenvalue weighted by Crippen LogP contribution is -2.46. The lowest BCUT2D eigenvalue weighted by molar-refractivity contribution is -0.129. The fourth-order valence-electron chi connectivity index (χ4n) is 6.77. The summed E-state index contributed by atoms with van der Waals surface area (Å²) in [5, 5.41) is 0. The van der Waals surface area contributed by atoms with E-state index in [4.69, 9.17) is 15.2 Å². The molecule has 2 amide bonds. The van der Waals surface area contributed by atoms with E-state index >= 15 is 0 Å². The van der Waals surface area contributed by atoms with Crippen LogP contribution in [0.1, 0.15) is 53.5 Å². The first-order chi connectivity index (χ1) is 30.9. The number of nitrogens with two attached hydrogens (primary N) is 1. The van der Waals surface area contributed by atoms with Crippen LogP contribution in [-0.2, 0) is 30.2 Å². The van der Waals surface area contributed by atoms with Crippen molar-refractivity contribution in [1.82, 2.24) is 19.8 Å². The number of hydrogen-bond acceptors (Lipinski definition) is 14. The Morgan fingerprint density at radius 1 is 0.585 bits per heavy atom. The van der Waals surface area contributed by atoms with Crippen LogP contribution in [0.2, 0.25) is 0 Å². The predicted octanol–water partition coefficient (Wildman–Crippen LogP) is 6.79. The molecular weight excluding hydrogens is 827 g/mol. The number of rotatable bonds is 13. The van der Waals surface area contributed by atoms with Crippen molar-refractivity contribution < 1.29 is 33.4 Å². The van der Waals surface area contributed by atoms with E-state index in [9.17, 15) is 19.2 Å². The third kappa shape index (κ3) is 18.6. The molecule has 2 aliphatic heterocycles. The van der Waals surface area contributed by atoms with Gasteiger partial charge in [-0.1, -0.05) is 12.1 Å². The summed E-state index contributed by atoms with van der Waals surface area (Å²) in [4.78, 5) is 66.0. The van der Waals surface area contributed by atoms with Gasteiger partial charge in [0.2, 0.25) is 0 Å². The van der Waals surface area contributed by atoms with Gasteiger partial charge in [-0.15, -0.1) is 0 Å². The Morgan fingerprint density at radius 3 is 1.31 bits per heavy atom. The van der Waals surface area contributed by atoms with Gasteiger partial charge >= 0.3 is 12.2 Å². The largest absolute Gasteiger partial charge is 0.466 e. The number of pyridine rings is 2. The van der Waals surface area contributed by atoms with E-state index in [1.165, 1.54) is 32.5 Å². The van der Waals surface area contributed by atoms with Gasteiger partial charge < -0.3 is 49.3 Å². The van der Waals surface area contributed by atoms with Gasteiger partial charge in [-0.3, -0.25) is 19.6 Å². The smallest absolute Gasteiger partial charge is 0.410 e. The Morgan fingerprint density at radius 2 is 0.938 bits per heavy atom. The van der Waals surface area contributed by atoms with E-state index in [0.717, 1.165) is 63.6 Å². The van der Waals surface area contributed by atoms with Crippen LogP contribution in [0.5, 0.6) is 0 Å². The molecule has 2 aromatic heterocycles. The van der Waals surface area contributed by atoms with E-state index in [1.807, 2.05) is 82.0 Å². The van der Waals surface area contributed by atoms with E-state index in [1.54, 1.807) is 34.9 Å². The number of benzene rings is 2. The SMILES string of the molecule is CN(CCC(=O)Cc1ccc(N2CCN(c3ccncc3)CC2)cc1)C(=O)OC(C)(C)C.CN(CCOC=O)C(=O)OC(C)(C)C.Nc1ccc(N2CCN(c3ccncc3)CC2)cc1. The first-order valence-corrected chi connectivity index (χ1v) is 22.1. The topological polar surface area (TPSA) is 167 Å². The van der Waals surface area contributed by atoms with Crippen molar-refractivity contribution in [3.63, 3.8) is 0 Å². The van der Waals surface area contributed by atoms with Gasteiger partial charge in [-0.25, -0.2) is 9.59 Å². The number of nitrogens with zero attached hydrogens (tertiary/aromatic N) is 8. The van der Waals surface area contributed by atoms with Crippen molar-refractivity contribution in [2.75, 3.05) is 111 Å². The number of ether oxygens (including phenoxy) is 3. The van der Waals surface area contributed by atoms with E-state index < -0.39 is 23.4 Å². The predicted molar refractivity (Wildman–Crippen MR) is 258 cm³/mol. The highest BCUT2D eigenvalue weighted by molar-refractivity contribution is 5.81. The molecule has 65 heavy (non-hydrogen) atoms. The molecule has 0 atom stereocenters. The summed E-state index contributed by atoms with van der Waals surface area (Å²) in [5.41, 5.74) is 11.4. The van der Waals surface area contributed by atoms with Crippen LogP contribution in [0, 0.1) is 0 Å². The summed E-state index contributed by atoms with van der Waals surface area (Å²) in [6.07, 6.45) is 7.22. The lowest BCUT2D eigenvalue weighted by Gasteiger charge is -2.37. The number of carbonyl (C=O) groups is 4. The molecule has 2 saturated heterocycles. The van der Waals surface area contributed by atoms with Crippen molar-refractivity contribution in [3.05, 3.63) is 103 Å². The number of likely N-dealkylation sites (N-methyl/N-ethyl adjacent to an activating group) is 1. The van der Waals surface area contributed by atoms with Crippen LogP contribution in [0.4, 0.5) is 38.0 Å². The van der Waals surface area contributed by atoms with Gasteiger partial charge in [0, 0.05) is 139 Å². The molecule has 2 aromatic carbocycles. The van der Waals surface area contributed by atoms with Crippen molar-refractivity contribution in [2.45, 2.75) is 65.6 Å². The van der Waals surface area contributed by atoms with Gasteiger partial charge in [0.25, 0.3) is 6.47 Å². The van der Waals surface area contributed by atoms with Crippen molar-refractivity contribution in [3.8, 4) is 0 Å². The van der Waals surface area contributed by atoms with Gasteiger partial charge in [0.05, 0.1) is 6.54 Å². The Labute approximate surface area is 385 Å². The molecule has 0 bridgehead atoms. The summed E-state index contributed by atoms with van der Waals surface area (Å²) in [5.74, 6) is 0.110. The maximum Gasteiger partial charge on any atom is 0.410 e. The number of aromatic nitrogens is 2. The number of piperazine rings is 2. The quantitative estimate of drug-likeness (QED) is 0.0645. The zero-order valence-corrected chi connectivity index (χ0v) is 39.5. The average molecular weight is 896 g/mol. The maximum atomic E-state index is 12.4. The lowest BCUT2D eigenvalue weighted by atomic mass is 10.1. The monoisotopic (exact) mass is 896 g/mol. The van der Waals surface area contributed by atoms with Crippen LogP contribution in [0.15, 0.2) is 97.6 Å². The van der Waals surface area contributed by atoms with Crippen LogP contribution in [-0.4, -0.2) is 142 Å². The molecule has 2 fully saturated rings. The van der Waals surface area contributed by atoms with Crippen LogP contribution in [0.25, 0.3) is 0 Å². The second kappa shape index (κ2) is 25.1. The van der Waals surface area contributed by atoms with E-state index in [2.05, 4.69) is 70.7 Å². The molecule has 2 aliphatic rings. The Hall–Kier alpha value is -6.58. The zero-order chi connectivity index (χ0) is 47.4. The van der Waals surface area contributed by atoms with Crippen LogP contribution >= 0.6 is 0 Å². The molecule has 6 rings (SSSR count). The molecule has 16 heteroatoms. The minimum atomic E-state index is -0.539. The highest BCUT2D eigenvalue weighted by Gasteiger charge is 2.22. The van der Waals surface area contributed by atoms with E-state index in [0.29, 0.717) is 32.4 Å². The van der Waals surface area contributed by atoms with Gasteiger partial charge in [-0.05, 0) is 108 Å². The fourth-order valence-corrected chi connectivity index (χ4v) is 6.77. The number of anilines is 5. The minimum Gasteiger partial charge on any atom is -0.466 e. The molecule has 0 spiro atoms. The highest BCUT2D eigenvalue weighted by atomic mass is 16.6. The Bertz CT molecular complexity index is 2030. The van der Waals surface area contributed by atoms with Gasteiger partial charge in [0.15, 0.2) is 0 Å².